The van der Waals surface area contributed by atoms with Gasteiger partial charge in [0.05, 0.1) is 11.8 Å². The number of nitrogens with zero attached hydrogens (tertiary/aromatic N) is 1. The number of carbonyl (C=O) groups excluding carboxylic acids is 1. The van der Waals surface area contributed by atoms with E-state index in [1.807, 2.05) is 12.1 Å². The molecule has 0 radical (unpaired) electrons. The number of carbonyl (C=O) groups is 1. The van der Waals surface area contributed by atoms with Gasteiger partial charge in [0.25, 0.3) is 11.7 Å². The molecule has 2 rings (SSSR count). The summed E-state index contributed by atoms with van der Waals surface area (Å²) in [5, 5.41) is 11.5. The number of para-hydroxylation sites is 1. The van der Waals surface area contributed by atoms with Crippen LogP contribution in [-0.4, -0.2) is 17.2 Å². The second kappa shape index (κ2) is 9.15. The molecular formula is C14H13ClMnN2O2+2. The van der Waals surface area contributed by atoms with Crippen molar-refractivity contribution in [3.63, 3.8) is 0 Å². The molecule has 20 heavy (non-hydrogen) atoms. The van der Waals surface area contributed by atoms with Crippen LogP contribution in [0, 0.1) is 0 Å². The number of nitrogens with one attached hydrogen (secondary N) is 1. The maximum atomic E-state index is 11.6. The standard InChI is InChI=1S/C14H12N2O2.ClH.Mn/c17-13-9-5-4-8-12(13)10-15-16-14(18)11-6-2-1-3-7-11;;/h1-10,17H,(H,16,18);1H;/q;;+2. The Kier molecular flexibility index (Phi) is 7.43. The SMILES string of the molecule is O=C(NN=Cc1ccccc1[OH2+])c1ccccc1.[Cl][Mn+]. The second-order valence-corrected chi connectivity index (χ2v) is 3.65. The molecule has 0 fully saturated rings. The zero-order valence-electron chi connectivity index (χ0n) is 10.4. The zero-order valence-corrected chi connectivity index (χ0v) is 12.3. The summed E-state index contributed by atoms with van der Waals surface area (Å²) >= 11 is 2.41. The van der Waals surface area contributed by atoms with Gasteiger partial charge >= 0.3 is 25.2 Å². The third-order valence-electron chi connectivity index (χ3n) is 2.37. The average molecular weight is 332 g/mol. The summed E-state index contributed by atoms with van der Waals surface area (Å²) in [6, 6.07) is 15.9. The Balaban J connectivity index is 0.000000956. The first-order valence-electron chi connectivity index (χ1n) is 5.61. The van der Waals surface area contributed by atoms with Gasteiger partial charge in [-0.1, -0.05) is 30.3 Å². The molecule has 4 nitrogen and oxygen atoms in total. The summed E-state index contributed by atoms with van der Waals surface area (Å²) < 4.78 is 0. The van der Waals surface area contributed by atoms with Gasteiger partial charge in [0.1, 0.15) is 0 Å². The summed E-state index contributed by atoms with van der Waals surface area (Å²) in [7, 11) is 4.45. The molecule has 0 aromatic heterocycles. The molecule has 1 amide bonds. The fraction of sp³-hybridized carbons (Fsp3) is 0. The summed E-state index contributed by atoms with van der Waals surface area (Å²) in [6.45, 7) is 0. The molecule has 0 saturated heterocycles. The summed E-state index contributed by atoms with van der Waals surface area (Å²) in [5.41, 5.74) is 3.63. The Labute approximate surface area is 129 Å². The van der Waals surface area contributed by atoms with E-state index in [4.69, 9.17) is 5.11 Å². The Morgan fingerprint density at radius 1 is 1.10 bits per heavy atom. The van der Waals surface area contributed by atoms with Gasteiger partial charge in [-0.3, -0.25) is 4.79 Å². The van der Waals surface area contributed by atoms with Crippen molar-refractivity contribution in [3.05, 3.63) is 65.7 Å². The molecule has 0 saturated carbocycles. The van der Waals surface area contributed by atoms with E-state index >= 15 is 0 Å². The molecule has 0 aliphatic heterocycles. The van der Waals surface area contributed by atoms with Gasteiger partial charge in [0.2, 0.25) is 0 Å². The molecule has 2 aromatic rings. The van der Waals surface area contributed by atoms with Gasteiger partial charge in [-0.15, -0.1) is 0 Å². The van der Waals surface area contributed by atoms with Crippen molar-refractivity contribution in [1.29, 1.82) is 0 Å². The Hall–Kier alpha value is -1.81. The van der Waals surface area contributed by atoms with Crippen LogP contribution < -0.4 is 5.43 Å². The van der Waals surface area contributed by atoms with Gasteiger partial charge in [0.15, 0.2) is 0 Å². The summed E-state index contributed by atoms with van der Waals surface area (Å²) in [4.78, 5) is 11.6. The van der Waals surface area contributed by atoms with Crippen molar-refractivity contribution in [2.24, 2.45) is 5.10 Å². The first kappa shape index (κ1) is 16.2. The molecule has 0 atom stereocenters. The van der Waals surface area contributed by atoms with E-state index < -0.39 is 0 Å². The fourth-order valence-electron chi connectivity index (χ4n) is 1.42. The number of amides is 1. The number of hydrazone groups is 1. The van der Waals surface area contributed by atoms with E-state index in [0.29, 0.717) is 16.9 Å². The minimum absolute atomic E-state index is 0.269. The quantitative estimate of drug-likeness (QED) is 0.399. The van der Waals surface area contributed by atoms with Crippen LogP contribution in [0.3, 0.4) is 0 Å². The van der Waals surface area contributed by atoms with E-state index in [1.54, 1.807) is 42.5 Å². The molecule has 103 valence electrons. The first-order chi connectivity index (χ1) is 9.77. The predicted octanol–water partition coefficient (Wildman–Crippen LogP) is 2.58. The van der Waals surface area contributed by atoms with Gasteiger partial charge in [-0.2, -0.15) is 5.10 Å². The van der Waals surface area contributed by atoms with Crippen molar-refractivity contribution in [1.82, 2.24) is 5.43 Å². The van der Waals surface area contributed by atoms with Crippen LogP contribution in [0.5, 0.6) is 5.75 Å². The van der Waals surface area contributed by atoms with Crippen LogP contribution in [0.2, 0.25) is 0 Å². The van der Waals surface area contributed by atoms with Crippen LogP contribution in [-0.2, 0) is 15.1 Å². The zero-order chi connectivity index (χ0) is 14.8. The molecule has 0 aliphatic carbocycles. The number of halogens is 1. The van der Waals surface area contributed by atoms with Gasteiger partial charge < -0.3 is 5.11 Å². The number of hydrogen-bond acceptors (Lipinski definition) is 2. The molecule has 6 heteroatoms. The summed E-state index contributed by atoms with van der Waals surface area (Å²) in [6.07, 6.45) is 1.46. The van der Waals surface area contributed by atoms with E-state index in [0.717, 1.165) is 0 Å². The Morgan fingerprint density at radius 2 is 1.70 bits per heavy atom. The number of hydrogen-bond donors (Lipinski definition) is 1. The fourth-order valence-corrected chi connectivity index (χ4v) is 1.42. The Bertz CT molecular complexity index is 576. The Morgan fingerprint density at radius 3 is 2.35 bits per heavy atom. The molecule has 0 heterocycles. The van der Waals surface area contributed by atoms with Crippen LogP contribution in [0.1, 0.15) is 15.9 Å². The maximum absolute atomic E-state index is 11.6. The third-order valence-corrected chi connectivity index (χ3v) is 2.37. The van der Waals surface area contributed by atoms with E-state index in [-0.39, 0.29) is 5.91 Å². The monoisotopic (exact) mass is 331 g/mol. The van der Waals surface area contributed by atoms with E-state index in [2.05, 4.69) is 35.7 Å². The normalized spacial score (nSPS) is 9.65. The first-order valence-corrected chi connectivity index (χ1v) is 7.23. The minimum atomic E-state index is -0.269. The molecular weight excluding hydrogens is 319 g/mol. The molecule has 0 aliphatic rings. The van der Waals surface area contributed by atoms with Crippen LogP contribution >= 0.6 is 10.1 Å². The van der Waals surface area contributed by atoms with Crippen molar-refractivity contribution >= 4 is 22.2 Å². The van der Waals surface area contributed by atoms with Crippen molar-refractivity contribution in [2.75, 3.05) is 0 Å². The molecule has 2 aromatic carbocycles. The van der Waals surface area contributed by atoms with Crippen molar-refractivity contribution < 1.29 is 25.0 Å². The molecule has 0 bridgehead atoms. The van der Waals surface area contributed by atoms with Gasteiger partial charge in [-0.25, -0.2) is 5.43 Å². The van der Waals surface area contributed by atoms with E-state index in [9.17, 15) is 4.79 Å². The molecule has 0 spiro atoms. The van der Waals surface area contributed by atoms with Crippen LogP contribution in [0.25, 0.3) is 0 Å². The number of rotatable bonds is 3. The van der Waals surface area contributed by atoms with Crippen LogP contribution in [0.15, 0.2) is 59.7 Å². The van der Waals surface area contributed by atoms with Crippen molar-refractivity contribution in [3.8, 4) is 5.75 Å². The van der Waals surface area contributed by atoms with Gasteiger partial charge in [0, 0.05) is 11.6 Å². The predicted molar refractivity (Wildman–Crippen MR) is 76.9 cm³/mol. The van der Waals surface area contributed by atoms with Crippen LogP contribution in [0.4, 0.5) is 0 Å². The molecule has 3 N–H and O–H groups in total. The van der Waals surface area contributed by atoms with Crippen molar-refractivity contribution in [2.45, 2.75) is 0 Å². The third kappa shape index (κ3) is 5.05. The van der Waals surface area contributed by atoms with Gasteiger partial charge in [-0.05, 0) is 18.2 Å². The topological polar surface area (TPSA) is 64.4 Å². The average Bonchev–Trinajstić information content (AvgIpc) is 2.52. The summed E-state index contributed by atoms with van der Waals surface area (Å²) in [5.74, 6) is 0.101. The molecule has 0 unspecified atom stereocenters. The van der Waals surface area contributed by atoms with E-state index in [1.165, 1.54) is 6.21 Å². The number of benzene rings is 2. The second-order valence-electron chi connectivity index (χ2n) is 3.65.